The molecule has 0 amide bonds. The third kappa shape index (κ3) is 2.84. The topological polar surface area (TPSA) is 39.8 Å². The van der Waals surface area contributed by atoms with Crippen LogP contribution in [-0.2, 0) is 13.1 Å². The lowest BCUT2D eigenvalue weighted by Gasteiger charge is -2.06. The van der Waals surface area contributed by atoms with E-state index in [0.29, 0.717) is 27.4 Å². The minimum Gasteiger partial charge on any atom is -0.304 e. The zero-order valence-corrected chi connectivity index (χ0v) is 14.7. The molecule has 3 rings (SSSR count). The van der Waals surface area contributed by atoms with Gasteiger partial charge in [0.25, 0.3) is 5.56 Å². The number of aromatic nitrogens is 3. The summed E-state index contributed by atoms with van der Waals surface area (Å²) in [4.78, 5) is 17.0. The quantitative estimate of drug-likeness (QED) is 0.496. The van der Waals surface area contributed by atoms with E-state index in [9.17, 15) is 4.79 Å². The highest BCUT2D eigenvalue weighted by Gasteiger charge is 2.11. The zero-order chi connectivity index (χ0) is 15.7. The van der Waals surface area contributed by atoms with Crippen molar-refractivity contribution in [2.45, 2.75) is 13.1 Å². The molecular weight excluding hydrogens is 382 g/mol. The highest BCUT2D eigenvalue weighted by molar-refractivity contribution is 9.10. The summed E-state index contributed by atoms with van der Waals surface area (Å²) < 4.78 is 5.67. The molecule has 0 N–H and O–H groups in total. The van der Waals surface area contributed by atoms with Crippen LogP contribution in [0.15, 0.2) is 52.5 Å². The third-order valence-corrected chi connectivity index (χ3v) is 5.18. The van der Waals surface area contributed by atoms with Crippen LogP contribution in [0, 0.1) is 3.95 Å². The molecular formula is C15H12BrN3OS2. The van der Waals surface area contributed by atoms with Crippen molar-refractivity contribution in [2.75, 3.05) is 0 Å². The van der Waals surface area contributed by atoms with Crippen molar-refractivity contribution in [3.8, 4) is 0 Å². The predicted molar refractivity (Wildman–Crippen MR) is 96.1 cm³/mol. The Balaban J connectivity index is 2.07. The van der Waals surface area contributed by atoms with Gasteiger partial charge in [0.15, 0.2) is 9.60 Å². The van der Waals surface area contributed by atoms with E-state index >= 15 is 0 Å². The van der Waals surface area contributed by atoms with Crippen molar-refractivity contribution in [2.24, 2.45) is 0 Å². The van der Waals surface area contributed by atoms with Crippen LogP contribution in [0.4, 0.5) is 0 Å². The molecule has 112 valence electrons. The molecule has 22 heavy (non-hydrogen) atoms. The molecule has 0 fully saturated rings. The van der Waals surface area contributed by atoms with Crippen LogP contribution in [0.25, 0.3) is 10.3 Å². The summed E-state index contributed by atoms with van der Waals surface area (Å²) in [7, 11) is 0. The van der Waals surface area contributed by atoms with Crippen LogP contribution in [0.3, 0.4) is 0 Å². The molecule has 0 atom stereocenters. The van der Waals surface area contributed by atoms with E-state index in [-0.39, 0.29) is 5.56 Å². The monoisotopic (exact) mass is 393 g/mol. The van der Waals surface area contributed by atoms with E-state index in [4.69, 9.17) is 12.2 Å². The van der Waals surface area contributed by atoms with Gasteiger partial charge in [0.1, 0.15) is 11.0 Å². The first-order valence-electron chi connectivity index (χ1n) is 6.54. The fourth-order valence-corrected chi connectivity index (χ4v) is 3.74. The standard InChI is InChI=1S/C15H12BrN3OS2/c1-2-7-19-13-12(22-15(19)21)14(20)18(9-17-13)8-10-3-5-11(16)6-4-10/h2-6,9H,1,7-8H2. The number of fused-ring (bicyclic) bond motifs is 1. The number of hydrogen-bond donors (Lipinski definition) is 0. The lowest BCUT2D eigenvalue weighted by Crippen LogP contribution is -2.20. The van der Waals surface area contributed by atoms with E-state index in [1.165, 1.54) is 11.3 Å². The van der Waals surface area contributed by atoms with Gasteiger partial charge >= 0.3 is 0 Å². The van der Waals surface area contributed by atoms with Gasteiger partial charge in [0.2, 0.25) is 0 Å². The van der Waals surface area contributed by atoms with Gasteiger partial charge in [-0.15, -0.1) is 6.58 Å². The van der Waals surface area contributed by atoms with Crippen molar-refractivity contribution in [1.82, 2.24) is 14.1 Å². The van der Waals surface area contributed by atoms with Gasteiger partial charge in [0.05, 0.1) is 6.54 Å². The van der Waals surface area contributed by atoms with E-state index in [2.05, 4.69) is 27.5 Å². The normalized spacial score (nSPS) is 11.0. The summed E-state index contributed by atoms with van der Waals surface area (Å²) in [6.07, 6.45) is 3.32. The number of rotatable bonds is 4. The second-order valence-corrected chi connectivity index (χ2v) is 7.28. The smallest absolute Gasteiger partial charge is 0.273 e. The fourth-order valence-electron chi connectivity index (χ4n) is 2.16. The molecule has 2 heterocycles. The number of allylic oxidation sites excluding steroid dienone is 1. The summed E-state index contributed by atoms with van der Waals surface area (Å²) in [6.45, 7) is 4.75. The second-order valence-electron chi connectivity index (χ2n) is 4.72. The van der Waals surface area contributed by atoms with Crippen molar-refractivity contribution in [3.05, 3.63) is 67.6 Å². The fraction of sp³-hybridized carbons (Fsp3) is 0.133. The van der Waals surface area contributed by atoms with E-state index < -0.39 is 0 Å². The molecule has 2 aromatic heterocycles. The first-order valence-corrected chi connectivity index (χ1v) is 8.56. The number of halogens is 1. The van der Waals surface area contributed by atoms with Gasteiger partial charge in [-0.1, -0.05) is 45.5 Å². The van der Waals surface area contributed by atoms with Crippen LogP contribution in [0.1, 0.15) is 5.56 Å². The number of hydrogen-bond acceptors (Lipinski definition) is 4. The lowest BCUT2D eigenvalue weighted by molar-refractivity contribution is 0.741. The summed E-state index contributed by atoms with van der Waals surface area (Å²) in [5.74, 6) is 0. The molecule has 0 aliphatic heterocycles. The van der Waals surface area contributed by atoms with E-state index in [0.717, 1.165) is 10.0 Å². The highest BCUT2D eigenvalue weighted by Crippen LogP contribution is 2.18. The molecule has 0 radical (unpaired) electrons. The minimum absolute atomic E-state index is 0.0631. The second kappa shape index (κ2) is 6.28. The molecule has 7 heteroatoms. The Kier molecular flexibility index (Phi) is 4.37. The van der Waals surface area contributed by atoms with Crippen molar-refractivity contribution in [3.63, 3.8) is 0 Å². The first kappa shape index (κ1) is 15.3. The first-order chi connectivity index (χ1) is 10.6. The Bertz CT molecular complexity index is 954. The van der Waals surface area contributed by atoms with Gasteiger partial charge < -0.3 is 4.57 Å². The maximum Gasteiger partial charge on any atom is 0.273 e. The minimum atomic E-state index is -0.0631. The molecule has 3 aromatic rings. The van der Waals surface area contributed by atoms with Crippen LogP contribution in [0.2, 0.25) is 0 Å². The maximum atomic E-state index is 12.6. The Morgan fingerprint density at radius 2 is 2.09 bits per heavy atom. The Morgan fingerprint density at radius 1 is 1.36 bits per heavy atom. The van der Waals surface area contributed by atoms with Crippen molar-refractivity contribution in [1.29, 1.82) is 0 Å². The molecule has 0 aliphatic rings. The summed E-state index contributed by atoms with van der Waals surface area (Å²) in [5.41, 5.74) is 1.61. The Hall–Kier alpha value is -1.57. The molecule has 0 aliphatic carbocycles. The van der Waals surface area contributed by atoms with E-state index in [1.54, 1.807) is 17.0 Å². The highest BCUT2D eigenvalue weighted by atomic mass is 79.9. The van der Waals surface area contributed by atoms with Gasteiger partial charge in [-0.2, -0.15) is 0 Å². The molecule has 0 unspecified atom stereocenters. The van der Waals surface area contributed by atoms with Crippen molar-refractivity contribution >= 4 is 49.8 Å². The molecule has 0 spiro atoms. The largest absolute Gasteiger partial charge is 0.304 e. The molecule has 0 saturated heterocycles. The van der Waals surface area contributed by atoms with Gasteiger partial charge in [0, 0.05) is 11.0 Å². The Morgan fingerprint density at radius 3 is 2.77 bits per heavy atom. The Labute approximate surface area is 144 Å². The number of thiazole rings is 1. The zero-order valence-electron chi connectivity index (χ0n) is 11.5. The number of benzene rings is 1. The summed E-state index contributed by atoms with van der Waals surface area (Å²) >= 11 is 10.0. The van der Waals surface area contributed by atoms with Gasteiger partial charge in [-0.3, -0.25) is 9.36 Å². The van der Waals surface area contributed by atoms with E-state index in [1.807, 2.05) is 28.8 Å². The van der Waals surface area contributed by atoms with Crippen LogP contribution in [-0.4, -0.2) is 14.1 Å². The SMILES string of the molecule is C=CCn1c(=S)sc2c(=O)n(Cc3ccc(Br)cc3)cnc21. The summed E-state index contributed by atoms with van der Waals surface area (Å²) in [5, 5.41) is 0. The van der Waals surface area contributed by atoms with Crippen LogP contribution < -0.4 is 5.56 Å². The molecule has 0 bridgehead atoms. The predicted octanol–water partition coefficient (Wildman–Crippen LogP) is 3.99. The molecule has 1 aromatic carbocycles. The number of nitrogens with zero attached hydrogens (tertiary/aromatic N) is 3. The average molecular weight is 394 g/mol. The lowest BCUT2D eigenvalue weighted by atomic mass is 10.2. The van der Waals surface area contributed by atoms with Crippen LogP contribution in [0.5, 0.6) is 0 Å². The van der Waals surface area contributed by atoms with Crippen molar-refractivity contribution < 1.29 is 0 Å². The van der Waals surface area contributed by atoms with Gasteiger partial charge in [-0.05, 0) is 29.9 Å². The third-order valence-electron chi connectivity index (χ3n) is 3.22. The van der Waals surface area contributed by atoms with Gasteiger partial charge in [-0.25, -0.2) is 4.98 Å². The molecule has 4 nitrogen and oxygen atoms in total. The average Bonchev–Trinajstić information content (AvgIpc) is 2.82. The molecule has 0 saturated carbocycles. The van der Waals surface area contributed by atoms with Crippen LogP contribution >= 0.6 is 39.5 Å². The maximum absolute atomic E-state index is 12.6. The summed E-state index contributed by atoms with van der Waals surface area (Å²) in [6, 6.07) is 7.87.